The van der Waals surface area contributed by atoms with Crippen LogP contribution in [0.3, 0.4) is 0 Å². The van der Waals surface area contributed by atoms with Gasteiger partial charge in [0.15, 0.2) is 17.4 Å². The van der Waals surface area contributed by atoms with Gasteiger partial charge in [-0.05, 0) is 61.4 Å². The first-order valence-corrected chi connectivity index (χ1v) is 8.06. The summed E-state index contributed by atoms with van der Waals surface area (Å²) in [6.45, 7) is 4.17. The molecule has 0 atom stereocenters. The third-order valence-corrected chi connectivity index (χ3v) is 4.23. The van der Waals surface area contributed by atoms with Crippen LogP contribution in [0.5, 0.6) is 0 Å². The van der Waals surface area contributed by atoms with Gasteiger partial charge in [0, 0.05) is 23.3 Å². The number of H-pyrrole nitrogens is 1. The van der Waals surface area contributed by atoms with Gasteiger partial charge in [-0.2, -0.15) is 5.10 Å². The Morgan fingerprint density at radius 3 is 2.50 bits per heavy atom. The van der Waals surface area contributed by atoms with Crippen molar-refractivity contribution in [1.82, 2.24) is 10.2 Å². The van der Waals surface area contributed by atoms with Gasteiger partial charge in [-0.1, -0.05) is 12.1 Å². The number of aryl methyl sites for hydroxylation is 2. The standard InChI is InChI=1S/C20H17ClN2O/c1-13-3-4-16(11-14(13)2)19-12-18(22-23-19)9-10-20(24)15-5-7-17(21)8-6-15/h3-12,21H,1-2H3/p+1. The molecule has 0 bridgehead atoms. The molecule has 24 heavy (non-hydrogen) atoms. The fourth-order valence-electron chi connectivity index (χ4n) is 2.35. The number of nitrogens with zero attached hydrogens (tertiary/aromatic N) is 1. The monoisotopic (exact) mass is 337 g/mol. The second-order valence-electron chi connectivity index (χ2n) is 5.73. The van der Waals surface area contributed by atoms with E-state index in [-0.39, 0.29) is 5.78 Å². The molecule has 0 saturated carbocycles. The maximum atomic E-state index is 12.1. The minimum atomic E-state index is -0.0627. The van der Waals surface area contributed by atoms with E-state index < -0.39 is 0 Å². The number of carbonyl (C=O) groups is 1. The first kappa shape index (κ1) is 16.2. The van der Waals surface area contributed by atoms with E-state index in [1.165, 1.54) is 17.2 Å². The van der Waals surface area contributed by atoms with E-state index in [4.69, 9.17) is 11.6 Å². The molecule has 0 fully saturated rings. The minimum absolute atomic E-state index is 0.0627. The lowest BCUT2D eigenvalue weighted by atomic mass is 10.0. The first-order chi connectivity index (χ1) is 11.5. The zero-order valence-corrected chi connectivity index (χ0v) is 14.4. The lowest BCUT2D eigenvalue weighted by Crippen LogP contribution is -1.93. The summed E-state index contributed by atoms with van der Waals surface area (Å²) in [5.74, 6) is -0.0627. The van der Waals surface area contributed by atoms with Gasteiger partial charge in [-0.15, -0.1) is 0 Å². The van der Waals surface area contributed by atoms with Crippen molar-refractivity contribution >= 4 is 11.9 Å². The number of ketones is 1. The van der Waals surface area contributed by atoms with Gasteiger partial charge in [0.05, 0.1) is 11.4 Å². The molecular weight excluding hydrogens is 320 g/mol. The van der Waals surface area contributed by atoms with Gasteiger partial charge < -0.3 is 0 Å². The van der Waals surface area contributed by atoms with Crippen molar-refractivity contribution in [2.24, 2.45) is 0 Å². The highest BCUT2D eigenvalue weighted by Crippen LogP contribution is 2.21. The summed E-state index contributed by atoms with van der Waals surface area (Å²) in [4.78, 5) is 12.1. The predicted octanol–water partition coefficient (Wildman–Crippen LogP) is 4.29. The molecule has 0 aliphatic carbocycles. The Kier molecular flexibility index (Phi) is 4.63. The average Bonchev–Trinajstić information content (AvgIpc) is 3.05. The normalized spacial score (nSPS) is 11.1. The Morgan fingerprint density at radius 1 is 1.04 bits per heavy atom. The van der Waals surface area contributed by atoms with E-state index in [0.717, 1.165) is 22.0 Å². The fourth-order valence-corrected chi connectivity index (χ4v) is 2.49. The quantitative estimate of drug-likeness (QED) is 0.570. The number of halogens is 1. The van der Waals surface area contributed by atoms with Crippen molar-refractivity contribution in [2.45, 2.75) is 13.8 Å². The minimum Gasteiger partial charge on any atom is -0.289 e. The summed E-state index contributed by atoms with van der Waals surface area (Å²) in [7, 11) is 0. The number of nitrogens with one attached hydrogen (secondary N) is 1. The third-order valence-electron chi connectivity index (χ3n) is 3.95. The van der Waals surface area contributed by atoms with Crippen LogP contribution in [0.4, 0.5) is 0 Å². The highest BCUT2D eigenvalue weighted by Gasteiger charge is 2.06. The van der Waals surface area contributed by atoms with Gasteiger partial charge in [0.1, 0.15) is 0 Å². The molecule has 2 aromatic carbocycles. The van der Waals surface area contributed by atoms with Crippen LogP contribution in [0.25, 0.3) is 17.3 Å². The predicted molar refractivity (Wildman–Crippen MR) is 93.9 cm³/mol. The van der Waals surface area contributed by atoms with Gasteiger partial charge in [0.2, 0.25) is 5.02 Å². The number of aromatic nitrogens is 2. The number of carbonyl (C=O) groups excluding carboxylic acids is 1. The molecule has 0 aliphatic heterocycles. The molecule has 1 aromatic heterocycles. The highest BCUT2D eigenvalue weighted by atomic mass is 35.5. The van der Waals surface area contributed by atoms with Crippen molar-refractivity contribution in [3.63, 3.8) is 0 Å². The SMILES string of the molecule is Cc1ccc(-c2cc(/C=C/C(=O)c3ccc([ClH+])cc3)[nH]n2)cc1C. The van der Waals surface area contributed by atoms with E-state index in [1.54, 1.807) is 30.3 Å². The molecule has 0 radical (unpaired) electrons. The highest BCUT2D eigenvalue weighted by molar-refractivity contribution is 6.06. The molecule has 0 unspecified atom stereocenters. The van der Waals surface area contributed by atoms with Crippen molar-refractivity contribution < 1.29 is 16.4 Å². The van der Waals surface area contributed by atoms with Crippen LogP contribution >= 0.6 is 0 Å². The molecule has 3 nitrogen and oxygen atoms in total. The number of hydrogen-bond acceptors (Lipinski definition) is 2. The summed E-state index contributed by atoms with van der Waals surface area (Å²) in [5.41, 5.74) is 5.81. The fraction of sp³-hybridized carbons (Fsp3) is 0.100. The molecule has 4 heteroatoms. The molecule has 1 heterocycles. The smallest absolute Gasteiger partial charge is 0.225 e. The number of benzene rings is 2. The topological polar surface area (TPSA) is 45.8 Å². The van der Waals surface area contributed by atoms with E-state index in [2.05, 4.69) is 36.2 Å². The summed E-state index contributed by atoms with van der Waals surface area (Å²) in [6.07, 6.45) is 3.28. The lowest BCUT2D eigenvalue weighted by Gasteiger charge is -2.01. The van der Waals surface area contributed by atoms with E-state index in [0.29, 0.717) is 5.56 Å². The van der Waals surface area contributed by atoms with Crippen LogP contribution in [0.2, 0.25) is 5.02 Å². The first-order valence-electron chi connectivity index (χ1n) is 7.65. The Hall–Kier alpha value is -2.65. The average molecular weight is 338 g/mol. The van der Waals surface area contributed by atoms with Crippen molar-refractivity contribution in [3.05, 3.63) is 82.0 Å². The molecule has 0 aliphatic rings. The van der Waals surface area contributed by atoms with Crippen LogP contribution < -0.4 is 0 Å². The van der Waals surface area contributed by atoms with Gasteiger partial charge >= 0.3 is 0 Å². The molecule has 3 rings (SSSR count). The Morgan fingerprint density at radius 2 is 1.79 bits per heavy atom. The second-order valence-corrected chi connectivity index (χ2v) is 6.20. The van der Waals surface area contributed by atoms with Gasteiger partial charge in [-0.25, -0.2) is 0 Å². The third kappa shape index (κ3) is 3.63. The number of aromatic amines is 1. The molecule has 0 amide bonds. The van der Waals surface area contributed by atoms with Crippen LogP contribution in [0.1, 0.15) is 27.2 Å². The Bertz CT molecular complexity index is 908. The summed E-state index contributed by atoms with van der Waals surface area (Å²) >= 11 is 5.02. The van der Waals surface area contributed by atoms with E-state index >= 15 is 0 Å². The summed E-state index contributed by atoms with van der Waals surface area (Å²) in [5, 5.41) is 7.99. The van der Waals surface area contributed by atoms with Crippen LogP contribution in [0.15, 0.2) is 54.6 Å². The van der Waals surface area contributed by atoms with Crippen LogP contribution in [-0.2, 0) is 0 Å². The van der Waals surface area contributed by atoms with Gasteiger partial charge in [0.25, 0.3) is 0 Å². The van der Waals surface area contributed by atoms with Gasteiger partial charge in [-0.3, -0.25) is 9.89 Å². The number of rotatable bonds is 4. The molecule has 0 spiro atoms. The molecule has 120 valence electrons. The maximum Gasteiger partial charge on any atom is 0.225 e. The van der Waals surface area contributed by atoms with Crippen molar-refractivity contribution in [2.75, 3.05) is 0 Å². The van der Waals surface area contributed by atoms with Crippen molar-refractivity contribution in [1.29, 1.82) is 0 Å². The van der Waals surface area contributed by atoms with E-state index in [9.17, 15) is 4.79 Å². The zero-order chi connectivity index (χ0) is 17.1. The molecule has 1 N–H and O–H groups in total. The van der Waals surface area contributed by atoms with Crippen LogP contribution in [-0.4, -0.2) is 16.0 Å². The zero-order valence-electron chi connectivity index (χ0n) is 13.5. The van der Waals surface area contributed by atoms with E-state index in [1.807, 2.05) is 12.1 Å². The maximum absolute atomic E-state index is 12.1. The largest absolute Gasteiger partial charge is 0.289 e. The molecular formula is C20H18ClN2O+. The summed E-state index contributed by atoms with van der Waals surface area (Å²) < 4.78 is 0. The number of allylic oxidation sites excluding steroid dienone is 1. The second kappa shape index (κ2) is 6.85. The summed E-state index contributed by atoms with van der Waals surface area (Å²) in [6, 6.07) is 15.2. The van der Waals surface area contributed by atoms with Crippen LogP contribution in [0, 0.1) is 25.4 Å². The van der Waals surface area contributed by atoms with Crippen molar-refractivity contribution in [3.8, 4) is 11.3 Å². The Balaban J connectivity index is 1.77. The molecule has 0 saturated heterocycles. The number of hydrogen-bond donors (Lipinski definition) is 1. The molecule has 3 aromatic rings. The lowest BCUT2D eigenvalue weighted by molar-refractivity contribution is -0.288. The Labute approximate surface area is 146 Å².